The molecule has 1 aliphatic heterocycles. The largest absolute Gasteiger partial charge is 0.294 e. The van der Waals surface area contributed by atoms with Gasteiger partial charge in [0.05, 0.1) is 10.3 Å². The fourth-order valence-corrected chi connectivity index (χ4v) is 4.02. The van der Waals surface area contributed by atoms with Gasteiger partial charge in [-0.05, 0) is 13.0 Å². The number of rotatable bonds is 1. The number of Topliss-reactive ketones (excluding diaryl/α,β-unsaturated/α-hetero) is 1. The third-order valence-corrected chi connectivity index (χ3v) is 4.71. The molecule has 0 saturated heterocycles. The second-order valence-corrected chi connectivity index (χ2v) is 5.84. The molecular formula is C10H9NOS2. The molecule has 2 rings (SSSR count). The first-order chi connectivity index (χ1) is 6.72. The lowest BCUT2D eigenvalue weighted by Crippen LogP contribution is -2.20. The van der Waals surface area contributed by atoms with Crippen LogP contribution in [0.2, 0.25) is 0 Å². The Kier molecular flexibility index (Phi) is 2.62. The molecule has 14 heavy (non-hydrogen) atoms. The Morgan fingerprint density at radius 2 is 2.50 bits per heavy atom. The lowest BCUT2D eigenvalue weighted by Gasteiger charge is -2.17. The fourth-order valence-electron chi connectivity index (χ4n) is 1.51. The van der Waals surface area contributed by atoms with E-state index in [1.54, 1.807) is 23.1 Å². The number of hydrogen-bond acceptors (Lipinski definition) is 4. The van der Waals surface area contributed by atoms with Crippen LogP contribution in [0.5, 0.6) is 0 Å². The highest BCUT2D eigenvalue weighted by atomic mass is 32.2. The summed E-state index contributed by atoms with van der Waals surface area (Å²) in [6.45, 7) is 2.01. The Balaban J connectivity index is 2.32. The minimum Gasteiger partial charge on any atom is -0.294 e. The number of aryl methyl sites for hydroxylation is 1. The van der Waals surface area contributed by atoms with E-state index in [-0.39, 0.29) is 11.7 Å². The molecule has 2 heterocycles. The van der Waals surface area contributed by atoms with Crippen molar-refractivity contribution < 1.29 is 4.79 Å². The SMILES string of the molecule is Cc1cc2c(s1)SCC(CC#N)C2=O. The summed E-state index contributed by atoms with van der Waals surface area (Å²) in [5.74, 6) is 0.829. The van der Waals surface area contributed by atoms with Crippen LogP contribution in [-0.4, -0.2) is 11.5 Å². The second kappa shape index (κ2) is 3.76. The highest BCUT2D eigenvalue weighted by Crippen LogP contribution is 2.39. The van der Waals surface area contributed by atoms with Crippen LogP contribution in [0.3, 0.4) is 0 Å². The number of nitrogens with zero attached hydrogens (tertiary/aromatic N) is 1. The van der Waals surface area contributed by atoms with Gasteiger partial charge in [0.15, 0.2) is 5.78 Å². The standard InChI is InChI=1S/C10H9NOS2/c1-6-4-8-9(12)7(2-3-11)5-13-10(8)14-6/h4,7H,2,5H2,1H3. The highest BCUT2D eigenvalue weighted by molar-refractivity contribution is 8.01. The van der Waals surface area contributed by atoms with Crippen LogP contribution < -0.4 is 0 Å². The number of thiophene rings is 1. The Labute approximate surface area is 90.9 Å². The summed E-state index contributed by atoms with van der Waals surface area (Å²) in [6.07, 6.45) is 0.347. The molecule has 72 valence electrons. The van der Waals surface area contributed by atoms with Crippen LogP contribution in [0.25, 0.3) is 0 Å². The van der Waals surface area contributed by atoms with E-state index in [0.717, 1.165) is 15.5 Å². The van der Waals surface area contributed by atoms with E-state index in [0.29, 0.717) is 6.42 Å². The van der Waals surface area contributed by atoms with Crippen LogP contribution in [0.4, 0.5) is 0 Å². The zero-order valence-corrected chi connectivity index (χ0v) is 9.37. The van der Waals surface area contributed by atoms with Crippen LogP contribution in [0.15, 0.2) is 10.3 Å². The molecule has 0 fully saturated rings. The van der Waals surface area contributed by atoms with Gasteiger partial charge < -0.3 is 0 Å². The summed E-state index contributed by atoms with van der Waals surface area (Å²) in [6, 6.07) is 4.02. The molecule has 1 aliphatic rings. The third kappa shape index (κ3) is 1.58. The van der Waals surface area contributed by atoms with E-state index in [4.69, 9.17) is 5.26 Å². The van der Waals surface area contributed by atoms with E-state index in [1.807, 2.05) is 13.0 Å². The molecule has 0 N–H and O–H groups in total. The van der Waals surface area contributed by atoms with Crippen molar-refractivity contribution in [2.24, 2.45) is 5.92 Å². The van der Waals surface area contributed by atoms with Gasteiger partial charge in [-0.3, -0.25) is 4.79 Å². The molecule has 1 aromatic heterocycles. The quantitative estimate of drug-likeness (QED) is 0.735. The van der Waals surface area contributed by atoms with Gasteiger partial charge in [-0.1, -0.05) is 0 Å². The van der Waals surface area contributed by atoms with E-state index < -0.39 is 0 Å². The first kappa shape index (κ1) is 9.75. The van der Waals surface area contributed by atoms with E-state index in [2.05, 4.69) is 6.07 Å². The molecule has 0 radical (unpaired) electrons. The summed E-state index contributed by atoms with van der Waals surface area (Å²) in [7, 11) is 0. The zero-order chi connectivity index (χ0) is 10.1. The minimum absolute atomic E-state index is 0.0912. The Morgan fingerprint density at radius 3 is 3.21 bits per heavy atom. The van der Waals surface area contributed by atoms with Crippen LogP contribution >= 0.6 is 23.1 Å². The van der Waals surface area contributed by atoms with Crippen molar-refractivity contribution in [2.75, 3.05) is 5.75 Å². The number of carbonyl (C=O) groups excluding carboxylic acids is 1. The zero-order valence-electron chi connectivity index (χ0n) is 7.74. The van der Waals surface area contributed by atoms with Crippen molar-refractivity contribution in [3.05, 3.63) is 16.5 Å². The van der Waals surface area contributed by atoms with E-state index in [9.17, 15) is 4.79 Å². The maximum Gasteiger partial charge on any atom is 0.169 e. The van der Waals surface area contributed by atoms with E-state index >= 15 is 0 Å². The number of nitriles is 1. The van der Waals surface area contributed by atoms with Crippen LogP contribution in [0, 0.1) is 24.2 Å². The number of fused-ring (bicyclic) bond motifs is 1. The molecule has 0 saturated carbocycles. The van der Waals surface area contributed by atoms with Gasteiger partial charge in [0.25, 0.3) is 0 Å². The van der Waals surface area contributed by atoms with Crippen molar-refractivity contribution in [3.8, 4) is 6.07 Å². The number of hydrogen-bond donors (Lipinski definition) is 0. The molecule has 0 amide bonds. The predicted molar refractivity (Wildman–Crippen MR) is 57.8 cm³/mol. The van der Waals surface area contributed by atoms with Gasteiger partial charge in [0.1, 0.15) is 0 Å². The average molecular weight is 223 g/mol. The molecule has 0 aromatic carbocycles. The van der Waals surface area contributed by atoms with Crippen LogP contribution in [-0.2, 0) is 0 Å². The number of carbonyl (C=O) groups is 1. The van der Waals surface area contributed by atoms with E-state index in [1.165, 1.54) is 4.88 Å². The third-order valence-electron chi connectivity index (χ3n) is 2.21. The molecule has 4 heteroatoms. The lowest BCUT2D eigenvalue weighted by molar-refractivity contribution is 0.0929. The van der Waals surface area contributed by atoms with Crippen LogP contribution in [0.1, 0.15) is 21.7 Å². The molecule has 2 nitrogen and oxygen atoms in total. The van der Waals surface area contributed by atoms with Gasteiger partial charge in [0, 0.05) is 28.5 Å². The Morgan fingerprint density at radius 1 is 1.71 bits per heavy atom. The molecule has 0 bridgehead atoms. The summed E-state index contributed by atoms with van der Waals surface area (Å²) >= 11 is 3.38. The second-order valence-electron chi connectivity index (χ2n) is 3.29. The molecule has 1 aromatic rings. The Hall–Kier alpha value is -0.790. The predicted octanol–water partition coefficient (Wildman–Crippen LogP) is 2.87. The lowest BCUT2D eigenvalue weighted by atomic mass is 9.98. The summed E-state index contributed by atoms with van der Waals surface area (Å²) in [4.78, 5) is 13.0. The van der Waals surface area contributed by atoms with Gasteiger partial charge in [-0.2, -0.15) is 5.26 Å². The summed E-state index contributed by atoms with van der Waals surface area (Å²) in [5, 5.41) is 8.58. The van der Waals surface area contributed by atoms with Crippen molar-refractivity contribution in [1.29, 1.82) is 5.26 Å². The Bertz CT molecular complexity index is 416. The minimum atomic E-state index is -0.0912. The maximum atomic E-state index is 11.9. The molecule has 1 unspecified atom stereocenters. The summed E-state index contributed by atoms with van der Waals surface area (Å²) < 4.78 is 1.13. The molecule has 0 aliphatic carbocycles. The van der Waals surface area contributed by atoms with Crippen molar-refractivity contribution >= 4 is 28.9 Å². The monoisotopic (exact) mass is 223 g/mol. The molecular weight excluding hydrogens is 214 g/mol. The molecule has 0 spiro atoms. The number of ketones is 1. The maximum absolute atomic E-state index is 11.9. The van der Waals surface area contributed by atoms with Crippen molar-refractivity contribution in [1.82, 2.24) is 0 Å². The number of thioether (sulfide) groups is 1. The smallest absolute Gasteiger partial charge is 0.169 e. The van der Waals surface area contributed by atoms with Crippen molar-refractivity contribution in [3.63, 3.8) is 0 Å². The van der Waals surface area contributed by atoms with Gasteiger partial charge in [0.2, 0.25) is 0 Å². The highest BCUT2D eigenvalue weighted by Gasteiger charge is 2.29. The van der Waals surface area contributed by atoms with Gasteiger partial charge in [-0.25, -0.2) is 0 Å². The van der Waals surface area contributed by atoms with Gasteiger partial charge >= 0.3 is 0 Å². The van der Waals surface area contributed by atoms with Gasteiger partial charge in [-0.15, -0.1) is 23.1 Å². The summed E-state index contributed by atoms with van der Waals surface area (Å²) in [5.41, 5.74) is 0.837. The van der Waals surface area contributed by atoms with Crippen molar-refractivity contribution in [2.45, 2.75) is 17.6 Å². The molecule has 1 atom stereocenters. The topological polar surface area (TPSA) is 40.9 Å². The average Bonchev–Trinajstić information content (AvgIpc) is 2.52. The normalized spacial score (nSPS) is 20.3. The first-order valence-electron chi connectivity index (χ1n) is 4.36. The first-order valence-corrected chi connectivity index (χ1v) is 6.17. The fraction of sp³-hybridized carbons (Fsp3) is 0.400.